The molecule has 9 nitrogen and oxygen atoms in total. The number of nitrogens with zero attached hydrogens (tertiary/aromatic N) is 1. The Hall–Kier alpha value is -2.32. The number of primary amides is 1. The van der Waals surface area contributed by atoms with Gasteiger partial charge in [0, 0.05) is 6.54 Å². The van der Waals surface area contributed by atoms with Gasteiger partial charge in [0.2, 0.25) is 17.7 Å². The monoisotopic (exact) mass is 384 g/mol. The maximum atomic E-state index is 12.8. The summed E-state index contributed by atoms with van der Waals surface area (Å²) in [6, 6.07) is -1.38. The molecule has 1 aliphatic heterocycles. The molecule has 0 spiro atoms. The lowest BCUT2D eigenvalue weighted by Crippen LogP contribution is -2.54. The normalized spacial score (nSPS) is 17.9. The first-order valence-electron chi connectivity index (χ1n) is 9.41. The van der Waals surface area contributed by atoms with Gasteiger partial charge in [0.15, 0.2) is 0 Å². The maximum absolute atomic E-state index is 12.8. The number of likely N-dealkylation sites (tertiary alicyclic amines) is 1. The molecule has 0 saturated carbocycles. The Morgan fingerprint density at radius 2 is 1.93 bits per heavy atom. The van der Waals surface area contributed by atoms with Crippen molar-refractivity contribution in [1.82, 2.24) is 15.5 Å². The molecule has 2 atom stereocenters. The second-order valence-corrected chi connectivity index (χ2v) is 7.71. The number of alkyl carbamates (subject to hydrolysis) is 1. The van der Waals surface area contributed by atoms with Crippen LogP contribution in [0.15, 0.2) is 0 Å². The number of unbranched alkanes of at least 4 members (excludes halogenated alkanes) is 1. The fourth-order valence-corrected chi connectivity index (χ4v) is 2.90. The summed E-state index contributed by atoms with van der Waals surface area (Å²) in [5.41, 5.74) is 4.71. The number of nitrogens with one attached hydrogen (secondary N) is 2. The minimum atomic E-state index is -0.752. The summed E-state index contributed by atoms with van der Waals surface area (Å²) in [4.78, 5) is 49.6. The summed E-state index contributed by atoms with van der Waals surface area (Å²) in [7, 11) is 0. The van der Waals surface area contributed by atoms with E-state index in [1.165, 1.54) is 4.90 Å². The molecule has 1 aliphatic rings. The lowest BCUT2D eigenvalue weighted by atomic mass is 10.1. The molecule has 0 aromatic carbocycles. The first-order valence-corrected chi connectivity index (χ1v) is 9.41. The molecule has 1 heterocycles. The largest absolute Gasteiger partial charge is 0.444 e. The molecule has 27 heavy (non-hydrogen) atoms. The summed E-state index contributed by atoms with van der Waals surface area (Å²) < 4.78 is 5.07. The lowest BCUT2D eigenvalue weighted by molar-refractivity contribution is -0.140. The Morgan fingerprint density at radius 3 is 2.48 bits per heavy atom. The van der Waals surface area contributed by atoms with Crippen molar-refractivity contribution in [2.24, 2.45) is 5.73 Å². The molecule has 0 radical (unpaired) electrons. The predicted octanol–water partition coefficient (Wildman–Crippen LogP) is 0.662. The van der Waals surface area contributed by atoms with Crippen LogP contribution < -0.4 is 16.4 Å². The minimum absolute atomic E-state index is 0.302. The van der Waals surface area contributed by atoms with Gasteiger partial charge >= 0.3 is 6.09 Å². The minimum Gasteiger partial charge on any atom is -0.444 e. The highest BCUT2D eigenvalue weighted by atomic mass is 16.6. The van der Waals surface area contributed by atoms with Gasteiger partial charge in [-0.15, -0.1) is 0 Å². The quantitative estimate of drug-likeness (QED) is 0.566. The molecular weight excluding hydrogens is 352 g/mol. The van der Waals surface area contributed by atoms with Crippen LogP contribution in [0.1, 0.15) is 59.8 Å². The van der Waals surface area contributed by atoms with Crippen LogP contribution in [0.5, 0.6) is 0 Å². The molecule has 1 rings (SSSR count). The average molecular weight is 384 g/mol. The smallest absolute Gasteiger partial charge is 0.408 e. The van der Waals surface area contributed by atoms with Crippen LogP contribution in [0, 0.1) is 0 Å². The second kappa shape index (κ2) is 10.1. The van der Waals surface area contributed by atoms with Gasteiger partial charge in [-0.25, -0.2) is 4.79 Å². The van der Waals surface area contributed by atoms with E-state index in [1.807, 2.05) is 6.92 Å². The lowest BCUT2D eigenvalue weighted by Gasteiger charge is -2.28. The van der Waals surface area contributed by atoms with Crippen LogP contribution in [0.2, 0.25) is 0 Å². The van der Waals surface area contributed by atoms with Crippen molar-refractivity contribution in [3.63, 3.8) is 0 Å². The summed E-state index contributed by atoms with van der Waals surface area (Å²) in [5.74, 6) is -1.34. The van der Waals surface area contributed by atoms with Gasteiger partial charge in [0.05, 0.1) is 0 Å². The molecule has 1 fully saturated rings. The van der Waals surface area contributed by atoms with E-state index in [-0.39, 0.29) is 12.5 Å². The van der Waals surface area contributed by atoms with Crippen LogP contribution in [0.3, 0.4) is 0 Å². The summed E-state index contributed by atoms with van der Waals surface area (Å²) in [6.07, 6.45) is 2.59. The molecule has 4 N–H and O–H groups in total. The zero-order valence-corrected chi connectivity index (χ0v) is 16.7. The molecule has 0 aromatic rings. The standard InChI is InChI=1S/C18H32N4O5/c1-5-6-8-12(16(25)22-10-7-9-13(22)15(19)24)21-14(23)11-20-17(26)27-18(2,3)4/h12-13H,5-11H2,1-4H3,(H2,19,24)(H,20,26)(H,21,23)/t12-,13-/m0/s1. The highest BCUT2D eigenvalue weighted by Gasteiger charge is 2.36. The number of hydrogen-bond acceptors (Lipinski definition) is 5. The van der Waals surface area contributed by atoms with Crippen molar-refractivity contribution in [1.29, 1.82) is 0 Å². The van der Waals surface area contributed by atoms with Crippen molar-refractivity contribution in [2.75, 3.05) is 13.1 Å². The highest BCUT2D eigenvalue weighted by molar-refractivity contribution is 5.92. The van der Waals surface area contributed by atoms with E-state index in [4.69, 9.17) is 10.5 Å². The zero-order valence-electron chi connectivity index (χ0n) is 16.7. The third-order valence-corrected chi connectivity index (χ3v) is 4.14. The Labute approximate surface area is 160 Å². The van der Waals surface area contributed by atoms with E-state index in [0.717, 1.165) is 12.8 Å². The number of nitrogens with two attached hydrogens (primary N) is 1. The van der Waals surface area contributed by atoms with E-state index in [2.05, 4.69) is 10.6 Å². The van der Waals surface area contributed by atoms with Crippen LogP contribution >= 0.6 is 0 Å². The van der Waals surface area contributed by atoms with Crippen LogP contribution in [0.4, 0.5) is 4.79 Å². The molecule has 1 saturated heterocycles. The fraction of sp³-hybridized carbons (Fsp3) is 0.778. The molecule has 154 valence electrons. The first-order chi connectivity index (χ1) is 12.5. The van der Waals surface area contributed by atoms with Crippen molar-refractivity contribution in [3.8, 4) is 0 Å². The van der Waals surface area contributed by atoms with Crippen LogP contribution in [-0.4, -0.2) is 59.5 Å². The highest BCUT2D eigenvalue weighted by Crippen LogP contribution is 2.19. The molecule has 0 aromatic heterocycles. The maximum Gasteiger partial charge on any atom is 0.408 e. The topological polar surface area (TPSA) is 131 Å². The van der Waals surface area contributed by atoms with E-state index in [1.54, 1.807) is 20.8 Å². The van der Waals surface area contributed by atoms with E-state index in [9.17, 15) is 19.2 Å². The fourth-order valence-electron chi connectivity index (χ4n) is 2.90. The number of rotatable bonds is 8. The molecule has 0 aliphatic carbocycles. The van der Waals surface area contributed by atoms with Gasteiger partial charge in [-0.1, -0.05) is 19.8 Å². The summed E-state index contributed by atoms with van der Waals surface area (Å²) >= 11 is 0. The summed E-state index contributed by atoms with van der Waals surface area (Å²) in [5, 5.41) is 5.02. The van der Waals surface area contributed by atoms with Gasteiger partial charge in [0.1, 0.15) is 24.2 Å². The SMILES string of the molecule is CCCC[C@H](NC(=O)CNC(=O)OC(C)(C)C)C(=O)N1CCC[C@H]1C(N)=O. The number of carbonyl (C=O) groups is 4. The van der Waals surface area contributed by atoms with E-state index >= 15 is 0 Å². The van der Waals surface area contributed by atoms with Crippen LogP contribution in [0.25, 0.3) is 0 Å². The van der Waals surface area contributed by atoms with Crippen LogP contribution in [-0.2, 0) is 19.1 Å². The second-order valence-electron chi connectivity index (χ2n) is 7.71. The van der Waals surface area contributed by atoms with Crippen molar-refractivity contribution < 1.29 is 23.9 Å². The number of hydrogen-bond donors (Lipinski definition) is 3. The Kier molecular flexibility index (Phi) is 8.52. The van der Waals surface area contributed by atoms with E-state index in [0.29, 0.717) is 25.8 Å². The van der Waals surface area contributed by atoms with Crippen molar-refractivity contribution in [3.05, 3.63) is 0 Å². The molecular formula is C18H32N4O5. The Bertz CT molecular complexity index is 558. The number of carbonyl (C=O) groups excluding carboxylic acids is 4. The van der Waals surface area contributed by atoms with Gasteiger partial charge in [0.25, 0.3) is 0 Å². The molecule has 0 bridgehead atoms. The first kappa shape index (κ1) is 22.7. The Balaban J connectivity index is 2.65. The molecule has 0 unspecified atom stereocenters. The van der Waals surface area contributed by atoms with Crippen molar-refractivity contribution >= 4 is 23.8 Å². The number of amides is 4. The van der Waals surface area contributed by atoms with Gasteiger partial charge < -0.3 is 26.0 Å². The predicted molar refractivity (Wildman–Crippen MR) is 99.6 cm³/mol. The average Bonchev–Trinajstić information content (AvgIpc) is 3.04. The van der Waals surface area contributed by atoms with Gasteiger partial charge in [-0.05, 0) is 40.0 Å². The van der Waals surface area contributed by atoms with Crippen molar-refractivity contribution in [2.45, 2.75) is 77.5 Å². The molecule has 4 amide bonds. The third-order valence-electron chi connectivity index (χ3n) is 4.14. The summed E-state index contributed by atoms with van der Waals surface area (Å²) in [6.45, 7) is 7.28. The molecule has 9 heteroatoms. The third kappa shape index (κ3) is 7.84. The number of ether oxygens (including phenoxy) is 1. The van der Waals surface area contributed by atoms with E-state index < -0.39 is 35.6 Å². The zero-order chi connectivity index (χ0) is 20.6. The Morgan fingerprint density at radius 1 is 1.26 bits per heavy atom. The van der Waals surface area contributed by atoms with Gasteiger partial charge in [-0.3, -0.25) is 14.4 Å². The van der Waals surface area contributed by atoms with Gasteiger partial charge in [-0.2, -0.15) is 0 Å².